The number of aromatic nitrogens is 1. The Balaban J connectivity index is 1.48. The molecule has 2 saturated heterocycles. The summed E-state index contributed by atoms with van der Waals surface area (Å²) in [7, 11) is -3.14. The van der Waals surface area contributed by atoms with Crippen LogP contribution in [0.2, 0.25) is 0 Å². The third-order valence-corrected chi connectivity index (χ3v) is 10.6. The second-order valence-corrected chi connectivity index (χ2v) is 11.8. The highest BCUT2D eigenvalue weighted by Crippen LogP contribution is 2.68. The highest BCUT2D eigenvalue weighted by Gasteiger charge is 2.69. The third kappa shape index (κ3) is 3.12. The molecular formula is C21H27F3N2O2S. The summed E-state index contributed by atoms with van der Waals surface area (Å²) >= 11 is 0. The van der Waals surface area contributed by atoms with E-state index in [0.717, 1.165) is 57.7 Å². The van der Waals surface area contributed by atoms with E-state index >= 15 is 0 Å². The van der Waals surface area contributed by atoms with Gasteiger partial charge in [0.1, 0.15) is 5.69 Å². The highest BCUT2D eigenvalue weighted by atomic mass is 32.2. The van der Waals surface area contributed by atoms with E-state index in [0.29, 0.717) is 18.0 Å². The lowest BCUT2D eigenvalue weighted by molar-refractivity contribution is -0.141. The Labute approximate surface area is 169 Å². The molecule has 0 aromatic carbocycles. The Bertz CT molecular complexity index is 907. The molecule has 3 heterocycles. The molecule has 1 aromatic rings. The molecule has 4 nitrogen and oxygen atoms in total. The van der Waals surface area contributed by atoms with Crippen molar-refractivity contribution in [1.29, 1.82) is 0 Å². The molecule has 4 aliphatic rings. The maximum atomic E-state index is 13.1. The monoisotopic (exact) mass is 428 g/mol. The summed E-state index contributed by atoms with van der Waals surface area (Å²) in [6, 6.07) is 4.11. The molecule has 29 heavy (non-hydrogen) atoms. The van der Waals surface area contributed by atoms with Crippen LogP contribution in [0.3, 0.4) is 0 Å². The number of rotatable bonds is 3. The minimum absolute atomic E-state index is 0.0903. The van der Waals surface area contributed by atoms with Crippen LogP contribution in [0.25, 0.3) is 0 Å². The van der Waals surface area contributed by atoms with Crippen LogP contribution in [-0.4, -0.2) is 37.5 Å². The summed E-state index contributed by atoms with van der Waals surface area (Å²) in [5, 5.41) is 3.02. The number of nitrogens with one attached hydrogen (secondary N) is 1. The Morgan fingerprint density at radius 3 is 2.41 bits per heavy atom. The molecule has 2 aliphatic heterocycles. The third-order valence-electron chi connectivity index (χ3n) is 7.98. The van der Waals surface area contributed by atoms with Crippen LogP contribution in [-0.2, 0) is 16.0 Å². The van der Waals surface area contributed by atoms with Crippen LogP contribution >= 0.6 is 0 Å². The van der Waals surface area contributed by atoms with Gasteiger partial charge < -0.3 is 5.32 Å². The molecule has 1 N–H and O–H groups in total. The average Bonchev–Trinajstić information content (AvgIpc) is 3.43. The van der Waals surface area contributed by atoms with Crippen molar-refractivity contribution in [3.05, 3.63) is 29.6 Å². The predicted molar refractivity (Wildman–Crippen MR) is 103 cm³/mol. The van der Waals surface area contributed by atoms with E-state index in [4.69, 9.17) is 0 Å². The second kappa shape index (κ2) is 6.42. The van der Waals surface area contributed by atoms with Crippen molar-refractivity contribution in [2.75, 3.05) is 18.8 Å². The molecule has 0 amide bonds. The molecule has 3 atom stereocenters. The smallest absolute Gasteiger partial charge is 0.317 e. The van der Waals surface area contributed by atoms with Crippen LogP contribution in [0.5, 0.6) is 0 Å². The normalized spacial score (nSPS) is 36.1. The largest absolute Gasteiger partial charge is 0.433 e. The number of nitrogens with zero attached hydrogens (tertiary/aromatic N) is 1. The molecule has 8 heteroatoms. The van der Waals surface area contributed by atoms with E-state index < -0.39 is 21.7 Å². The van der Waals surface area contributed by atoms with E-state index in [1.807, 2.05) is 0 Å². The zero-order chi connectivity index (χ0) is 20.5. The van der Waals surface area contributed by atoms with Crippen molar-refractivity contribution in [2.45, 2.75) is 62.3 Å². The number of hydrogen-bond acceptors (Lipinski definition) is 4. The summed E-state index contributed by atoms with van der Waals surface area (Å²) in [5.74, 6) is 0.588. The van der Waals surface area contributed by atoms with Crippen molar-refractivity contribution in [3.8, 4) is 0 Å². The maximum Gasteiger partial charge on any atom is 0.433 e. The van der Waals surface area contributed by atoms with Gasteiger partial charge in [-0.15, -0.1) is 0 Å². The summed E-state index contributed by atoms with van der Waals surface area (Å²) in [4.78, 5) is 3.93. The lowest BCUT2D eigenvalue weighted by Gasteiger charge is -2.58. The van der Waals surface area contributed by atoms with Gasteiger partial charge in [-0.1, -0.05) is 6.07 Å². The molecule has 1 aromatic heterocycles. The van der Waals surface area contributed by atoms with Crippen molar-refractivity contribution < 1.29 is 21.6 Å². The number of piperidine rings is 1. The molecule has 4 fully saturated rings. The Morgan fingerprint density at radius 1 is 1.07 bits per heavy atom. The van der Waals surface area contributed by atoms with Gasteiger partial charge in [0.2, 0.25) is 0 Å². The standard InChI is InChI=1S/C21H27F3N2O2S/c22-21(23,24)17-3-1-2-16(26-17)14-6-7-20(12-14,15-4-5-15)18-19(13-29(18,27)28)8-10-25-11-9-19/h1-3,14-15,18,25H,4-13H2/t14?,18-,20-/m1/s1. The van der Waals surface area contributed by atoms with Crippen LogP contribution in [0.1, 0.15) is 62.3 Å². The van der Waals surface area contributed by atoms with Crippen LogP contribution in [0, 0.1) is 16.7 Å². The second-order valence-electron chi connectivity index (χ2n) is 9.69. The zero-order valence-corrected chi connectivity index (χ0v) is 17.2. The van der Waals surface area contributed by atoms with Crippen molar-refractivity contribution in [1.82, 2.24) is 10.3 Å². The first-order valence-corrected chi connectivity index (χ1v) is 12.3. The van der Waals surface area contributed by atoms with Crippen LogP contribution in [0.15, 0.2) is 18.2 Å². The van der Waals surface area contributed by atoms with Gasteiger partial charge in [0, 0.05) is 17.0 Å². The van der Waals surface area contributed by atoms with Gasteiger partial charge in [0.25, 0.3) is 0 Å². The number of hydrogen-bond donors (Lipinski definition) is 1. The topological polar surface area (TPSA) is 59.1 Å². The minimum Gasteiger partial charge on any atom is -0.317 e. The van der Waals surface area contributed by atoms with E-state index in [2.05, 4.69) is 10.3 Å². The fourth-order valence-electron chi connectivity index (χ4n) is 6.82. The zero-order valence-electron chi connectivity index (χ0n) is 16.3. The first-order valence-electron chi connectivity index (χ1n) is 10.6. The number of alkyl halides is 3. The van der Waals surface area contributed by atoms with Gasteiger partial charge in [-0.3, -0.25) is 0 Å². The quantitative estimate of drug-likeness (QED) is 0.793. The SMILES string of the molecule is O=S1(=O)CC2(CCNCC2)[C@@H]1[C@]1(C2CC2)CCC(c2cccc(C(F)(F)F)n2)C1. The summed E-state index contributed by atoms with van der Waals surface area (Å²) in [6.45, 7) is 1.71. The summed E-state index contributed by atoms with van der Waals surface area (Å²) in [5.41, 5.74) is -0.805. The summed E-state index contributed by atoms with van der Waals surface area (Å²) in [6.07, 6.45) is 1.58. The Kier molecular flexibility index (Phi) is 4.38. The number of halogens is 3. The lowest BCUT2D eigenvalue weighted by Crippen LogP contribution is -2.67. The fourth-order valence-corrected chi connectivity index (χ4v) is 10.1. The fraction of sp³-hybridized carbons (Fsp3) is 0.762. The van der Waals surface area contributed by atoms with Gasteiger partial charge in [-0.2, -0.15) is 13.2 Å². The average molecular weight is 429 g/mol. The predicted octanol–water partition coefficient (Wildman–Crippen LogP) is 3.93. The summed E-state index contributed by atoms with van der Waals surface area (Å²) < 4.78 is 65.5. The van der Waals surface area contributed by atoms with Gasteiger partial charge in [-0.05, 0) is 81.5 Å². The van der Waals surface area contributed by atoms with Gasteiger partial charge in [-0.25, -0.2) is 13.4 Å². The molecule has 1 unspecified atom stereocenters. The van der Waals surface area contributed by atoms with E-state index in [1.165, 1.54) is 6.07 Å². The Morgan fingerprint density at radius 2 is 1.79 bits per heavy atom. The van der Waals surface area contributed by atoms with Crippen molar-refractivity contribution in [2.24, 2.45) is 16.7 Å². The first-order chi connectivity index (χ1) is 13.7. The Hall–Kier alpha value is -1.15. The van der Waals surface area contributed by atoms with Gasteiger partial charge >= 0.3 is 6.18 Å². The minimum atomic E-state index is -4.46. The van der Waals surface area contributed by atoms with Gasteiger partial charge in [0.05, 0.1) is 11.0 Å². The lowest BCUT2D eigenvalue weighted by atomic mass is 9.63. The van der Waals surface area contributed by atoms with E-state index in [-0.39, 0.29) is 27.8 Å². The van der Waals surface area contributed by atoms with Crippen molar-refractivity contribution >= 4 is 9.84 Å². The molecule has 2 saturated carbocycles. The molecule has 5 rings (SSSR count). The highest BCUT2D eigenvalue weighted by molar-refractivity contribution is 7.93. The van der Waals surface area contributed by atoms with E-state index in [9.17, 15) is 21.6 Å². The van der Waals surface area contributed by atoms with Crippen molar-refractivity contribution in [3.63, 3.8) is 0 Å². The molecule has 1 spiro atoms. The van der Waals surface area contributed by atoms with E-state index in [1.54, 1.807) is 6.07 Å². The molecule has 160 valence electrons. The number of sulfone groups is 1. The maximum absolute atomic E-state index is 13.1. The van der Waals surface area contributed by atoms with Crippen LogP contribution in [0.4, 0.5) is 13.2 Å². The number of pyridine rings is 1. The molecular weight excluding hydrogens is 401 g/mol. The molecule has 2 aliphatic carbocycles. The molecule has 0 radical (unpaired) electrons. The van der Waals surface area contributed by atoms with Crippen LogP contribution < -0.4 is 5.32 Å². The van der Waals surface area contributed by atoms with Gasteiger partial charge in [0.15, 0.2) is 9.84 Å². The first kappa shape index (κ1) is 19.8. The molecule has 0 bridgehead atoms.